The number of halogens is 1. The van der Waals surface area contributed by atoms with E-state index in [1.807, 2.05) is 31.2 Å². The van der Waals surface area contributed by atoms with Crippen molar-refractivity contribution in [2.24, 2.45) is 0 Å². The Hall–Kier alpha value is -4.01. The van der Waals surface area contributed by atoms with Crippen LogP contribution in [-0.2, 0) is 0 Å². The second kappa shape index (κ2) is 6.55. The molecule has 0 saturated heterocycles. The SMILES string of the molecule is COc1ccc(Nc2nc(-n3c(C)nc4ccc(F)cc43)nc3[nH]ncc23)cc1. The van der Waals surface area contributed by atoms with Crippen molar-refractivity contribution in [3.63, 3.8) is 0 Å². The third-order valence-corrected chi connectivity index (χ3v) is 4.63. The molecule has 29 heavy (non-hydrogen) atoms. The normalized spacial score (nSPS) is 11.3. The summed E-state index contributed by atoms with van der Waals surface area (Å²) in [5.41, 5.74) is 2.65. The lowest BCUT2D eigenvalue weighted by Crippen LogP contribution is -2.06. The number of aryl methyl sites for hydroxylation is 1. The molecule has 0 fully saturated rings. The van der Waals surface area contributed by atoms with Crippen LogP contribution in [0.25, 0.3) is 28.0 Å². The summed E-state index contributed by atoms with van der Waals surface area (Å²) in [7, 11) is 1.62. The van der Waals surface area contributed by atoms with Crippen LogP contribution in [0.2, 0.25) is 0 Å². The lowest BCUT2D eigenvalue weighted by Gasteiger charge is -2.11. The van der Waals surface area contributed by atoms with Crippen LogP contribution in [0, 0.1) is 12.7 Å². The van der Waals surface area contributed by atoms with E-state index in [4.69, 9.17) is 4.74 Å². The van der Waals surface area contributed by atoms with Gasteiger partial charge < -0.3 is 10.1 Å². The molecule has 3 aromatic heterocycles. The summed E-state index contributed by atoms with van der Waals surface area (Å²) < 4.78 is 20.8. The summed E-state index contributed by atoms with van der Waals surface area (Å²) in [5, 5.41) is 11.0. The molecule has 0 bridgehead atoms. The number of anilines is 2. The molecule has 0 atom stereocenters. The van der Waals surface area contributed by atoms with Crippen LogP contribution in [0.4, 0.5) is 15.9 Å². The van der Waals surface area contributed by atoms with Gasteiger partial charge in [0.25, 0.3) is 0 Å². The standard InChI is InChI=1S/C20H16FN7O/c1-11-23-16-8-3-12(21)9-17(16)28(11)20-25-18(15-10-22-27-19(15)26-20)24-13-4-6-14(29-2)7-5-13/h3-10H,1-2H3,(H2,22,24,25,26,27). The van der Waals surface area contributed by atoms with E-state index in [1.165, 1.54) is 12.1 Å². The summed E-state index contributed by atoms with van der Waals surface area (Å²) in [6, 6.07) is 11.9. The number of fused-ring (bicyclic) bond motifs is 2. The fourth-order valence-electron chi connectivity index (χ4n) is 3.25. The number of benzene rings is 2. The maximum atomic E-state index is 13.9. The van der Waals surface area contributed by atoms with Gasteiger partial charge in [0.1, 0.15) is 23.2 Å². The van der Waals surface area contributed by atoms with E-state index in [9.17, 15) is 4.39 Å². The fourth-order valence-corrected chi connectivity index (χ4v) is 3.25. The van der Waals surface area contributed by atoms with Crippen molar-refractivity contribution in [1.82, 2.24) is 29.7 Å². The number of rotatable bonds is 4. The zero-order valence-electron chi connectivity index (χ0n) is 15.6. The van der Waals surface area contributed by atoms with Gasteiger partial charge in [0.2, 0.25) is 5.95 Å². The summed E-state index contributed by atoms with van der Waals surface area (Å²) in [6.45, 7) is 1.83. The van der Waals surface area contributed by atoms with E-state index in [0.29, 0.717) is 34.3 Å². The predicted octanol–water partition coefficient (Wildman–Crippen LogP) is 3.89. The first-order chi connectivity index (χ1) is 14.1. The maximum absolute atomic E-state index is 13.9. The molecule has 5 rings (SSSR count). The van der Waals surface area contributed by atoms with Crippen LogP contribution >= 0.6 is 0 Å². The number of aromatic amines is 1. The first kappa shape index (κ1) is 17.1. The quantitative estimate of drug-likeness (QED) is 0.484. The second-order valence-electron chi connectivity index (χ2n) is 6.49. The van der Waals surface area contributed by atoms with Gasteiger partial charge in [0.05, 0.1) is 29.7 Å². The molecular formula is C20H16FN7O. The molecule has 0 amide bonds. The number of nitrogens with one attached hydrogen (secondary N) is 2. The van der Waals surface area contributed by atoms with Crippen molar-refractivity contribution in [3.05, 3.63) is 60.3 Å². The minimum Gasteiger partial charge on any atom is -0.497 e. The summed E-state index contributed by atoms with van der Waals surface area (Å²) >= 11 is 0. The van der Waals surface area contributed by atoms with Gasteiger partial charge in [0, 0.05) is 11.8 Å². The highest BCUT2D eigenvalue weighted by Crippen LogP contribution is 2.27. The van der Waals surface area contributed by atoms with Gasteiger partial charge in [-0.3, -0.25) is 9.67 Å². The summed E-state index contributed by atoms with van der Waals surface area (Å²) in [6.07, 6.45) is 1.66. The minimum absolute atomic E-state index is 0.349. The van der Waals surface area contributed by atoms with Crippen LogP contribution < -0.4 is 10.1 Å². The Morgan fingerprint density at radius 2 is 1.90 bits per heavy atom. The molecule has 0 spiro atoms. The molecule has 3 heterocycles. The molecule has 9 heteroatoms. The molecule has 0 aliphatic carbocycles. The van der Waals surface area contributed by atoms with Crippen LogP contribution in [0.3, 0.4) is 0 Å². The number of imidazole rings is 1. The fraction of sp³-hybridized carbons (Fsp3) is 0.100. The van der Waals surface area contributed by atoms with Gasteiger partial charge in [-0.05, 0) is 43.3 Å². The number of H-pyrrole nitrogens is 1. The van der Waals surface area contributed by atoms with E-state index in [2.05, 4.69) is 30.5 Å². The second-order valence-corrected chi connectivity index (χ2v) is 6.49. The Labute approximate surface area is 164 Å². The van der Waals surface area contributed by atoms with Gasteiger partial charge in [-0.15, -0.1) is 0 Å². The van der Waals surface area contributed by atoms with E-state index in [-0.39, 0.29) is 5.82 Å². The van der Waals surface area contributed by atoms with Crippen molar-refractivity contribution in [2.45, 2.75) is 6.92 Å². The first-order valence-electron chi connectivity index (χ1n) is 8.89. The molecule has 0 unspecified atom stereocenters. The molecule has 2 N–H and O–H groups in total. The first-order valence-corrected chi connectivity index (χ1v) is 8.89. The van der Waals surface area contributed by atoms with Crippen molar-refractivity contribution in [1.29, 1.82) is 0 Å². The number of hydrogen-bond donors (Lipinski definition) is 2. The van der Waals surface area contributed by atoms with Crippen molar-refractivity contribution in [3.8, 4) is 11.7 Å². The number of methoxy groups -OCH3 is 1. The van der Waals surface area contributed by atoms with E-state index >= 15 is 0 Å². The van der Waals surface area contributed by atoms with Crippen LogP contribution in [0.5, 0.6) is 5.75 Å². The average Bonchev–Trinajstić information content (AvgIpc) is 3.32. The third-order valence-electron chi connectivity index (χ3n) is 4.63. The van der Waals surface area contributed by atoms with Crippen LogP contribution in [0.15, 0.2) is 48.7 Å². The highest BCUT2D eigenvalue weighted by atomic mass is 19.1. The highest BCUT2D eigenvalue weighted by Gasteiger charge is 2.16. The molecule has 0 saturated carbocycles. The highest BCUT2D eigenvalue weighted by molar-refractivity contribution is 5.89. The van der Waals surface area contributed by atoms with Gasteiger partial charge in [-0.25, -0.2) is 9.37 Å². The topological polar surface area (TPSA) is 93.5 Å². The predicted molar refractivity (Wildman–Crippen MR) is 107 cm³/mol. The van der Waals surface area contributed by atoms with Crippen LogP contribution in [-0.4, -0.2) is 36.8 Å². The van der Waals surface area contributed by atoms with E-state index < -0.39 is 0 Å². The van der Waals surface area contributed by atoms with E-state index in [1.54, 1.807) is 23.9 Å². The van der Waals surface area contributed by atoms with Gasteiger partial charge >= 0.3 is 0 Å². The van der Waals surface area contributed by atoms with Gasteiger partial charge in [0.15, 0.2) is 5.65 Å². The number of aromatic nitrogens is 6. The lowest BCUT2D eigenvalue weighted by atomic mass is 10.3. The molecule has 0 aliphatic heterocycles. The van der Waals surface area contributed by atoms with Gasteiger partial charge in [-0.1, -0.05) is 0 Å². The Morgan fingerprint density at radius 3 is 2.69 bits per heavy atom. The largest absolute Gasteiger partial charge is 0.497 e. The third kappa shape index (κ3) is 2.92. The molecule has 2 aromatic carbocycles. The van der Waals surface area contributed by atoms with Crippen molar-refractivity contribution < 1.29 is 9.13 Å². The summed E-state index contributed by atoms with van der Waals surface area (Å²) in [4.78, 5) is 13.7. The zero-order valence-corrected chi connectivity index (χ0v) is 15.6. The van der Waals surface area contributed by atoms with Gasteiger partial charge in [-0.2, -0.15) is 15.1 Å². The minimum atomic E-state index is -0.349. The van der Waals surface area contributed by atoms with Crippen molar-refractivity contribution >= 4 is 33.6 Å². The number of hydrogen-bond acceptors (Lipinski definition) is 6. The molecule has 5 aromatic rings. The van der Waals surface area contributed by atoms with E-state index in [0.717, 1.165) is 16.8 Å². The monoisotopic (exact) mass is 389 g/mol. The Balaban J connectivity index is 1.66. The molecule has 0 radical (unpaired) electrons. The van der Waals surface area contributed by atoms with Crippen molar-refractivity contribution in [2.75, 3.05) is 12.4 Å². The Kier molecular flexibility index (Phi) is 3.87. The molecular weight excluding hydrogens is 373 g/mol. The molecule has 8 nitrogen and oxygen atoms in total. The molecule has 144 valence electrons. The summed E-state index contributed by atoms with van der Waals surface area (Å²) in [5.74, 6) is 2.00. The number of nitrogens with zero attached hydrogens (tertiary/aromatic N) is 5. The average molecular weight is 389 g/mol. The molecule has 0 aliphatic rings. The zero-order chi connectivity index (χ0) is 20.0. The maximum Gasteiger partial charge on any atom is 0.239 e. The Morgan fingerprint density at radius 1 is 1.07 bits per heavy atom. The lowest BCUT2D eigenvalue weighted by molar-refractivity contribution is 0.415. The number of ether oxygens (including phenoxy) is 1. The van der Waals surface area contributed by atoms with Crippen LogP contribution in [0.1, 0.15) is 5.82 Å². The smallest absolute Gasteiger partial charge is 0.239 e. The Bertz CT molecular complexity index is 1340.